The molecule has 90 valence electrons. The quantitative estimate of drug-likeness (QED) is 0.900. The summed E-state index contributed by atoms with van der Waals surface area (Å²) in [7, 11) is 0. The van der Waals surface area contributed by atoms with E-state index in [0.29, 0.717) is 5.95 Å². The molecular formula is C13H17N3S. The molecule has 4 heteroatoms. The fourth-order valence-corrected chi connectivity index (χ4v) is 2.62. The average molecular weight is 247 g/mol. The van der Waals surface area contributed by atoms with Crippen molar-refractivity contribution in [3.63, 3.8) is 0 Å². The lowest BCUT2D eigenvalue weighted by atomic mass is 10.3. The highest BCUT2D eigenvalue weighted by Gasteiger charge is 2.09. The van der Waals surface area contributed by atoms with Gasteiger partial charge in [-0.05, 0) is 45.9 Å². The summed E-state index contributed by atoms with van der Waals surface area (Å²) in [4.78, 5) is 11.4. The third-order valence-electron chi connectivity index (χ3n) is 2.52. The molecule has 0 radical (unpaired) electrons. The Balaban J connectivity index is 2.15. The Kier molecular flexibility index (Phi) is 3.43. The number of hydrogen-bond acceptors (Lipinski definition) is 4. The van der Waals surface area contributed by atoms with Crippen molar-refractivity contribution in [2.45, 2.75) is 33.7 Å². The molecule has 0 saturated heterocycles. The summed E-state index contributed by atoms with van der Waals surface area (Å²) >= 11 is 1.81. The summed E-state index contributed by atoms with van der Waals surface area (Å²) in [6, 6.07) is 6.52. The minimum absolute atomic E-state index is 0.245. The molecule has 0 spiro atoms. The van der Waals surface area contributed by atoms with Gasteiger partial charge >= 0.3 is 0 Å². The summed E-state index contributed by atoms with van der Waals surface area (Å²) in [6.45, 7) is 8.22. The van der Waals surface area contributed by atoms with E-state index >= 15 is 0 Å². The van der Waals surface area contributed by atoms with E-state index < -0.39 is 0 Å². The first-order chi connectivity index (χ1) is 8.04. The summed E-state index contributed by atoms with van der Waals surface area (Å²) < 4.78 is 0. The molecular weight excluding hydrogens is 230 g/mol. The second-order valence-electron chi connectivity index (χ2n) is 4.29. The molecule has 1 unspecified atom stereocenters. The van der Waals surface area contributed by atoms with Crippen LogP contribution in [0.4, 0.5) is 5.95 Å². The standard InChI is InChI=1S/C13H17N3S/c1-8-7-9(2)15-13(14-8)16-11(4)12-6-5-10(3)17-12/h5-7,11H,1-4H3,(H,14,15,16). The zero-order valence-electron chi connectivity index (χ0n) is 10.6. The minimum Gasteiger partial charge on any atom is -0.347 e. The van der Waals surface area contributed by atoms with Gasteiger partial charge in [-0.15, -0.1) is 11.3 Å². The van der Waals surface area contributed by atoms with E-state index in [9.17, 15) is 0 Å². The summed E-state index contributed by atoms with van der Waals surface area (Å²) in [5.41, 5.74) is 1.99. The SMILES string of the molecule is Cc1cc(C)nc(NC(C)c2ccc(C)s2)n1. The number of hydrogen-bond donors (Lipinski definition) is 1. The minimum atomic E-state index is 0.245. The van der Waals surface area contributed by atoms with Crippen molar-refractivity contribution in [2.75, 3.05) is 5.32 Å². The first-order valence-electron chi connectivity index (χ1n) is 5.70. The number of nitrogens with one attached hydrogen (secondary N) is 1. The van der Waals surface area contributed by atoms with Crippen molar-refractivity contribution in [2.24, 2.45) is 0 Å². The number of aryl methyl sites for hydroxylation is 3. The molecule has 1 atom stereocenters. The second-order valence-corrected chi connectivity index (χ2v) is 5.61. The normalized spacial score (nSPS) is 12.5. The Bertz CT molecular complexity index is 499. The maximum absolute atomic E-state index is 4.39. The Labute approximate surface area is 106 Å². The van der Waals surface area contributed by atoms with Crippen LogP contribution in [0, 0.1) is 20.8 Å². The van der Waals surface area contributed by atoms with Gasteiger partial charge < -0.3 is 5.32 Å². The molecule has 0 aromatic carbocycles. The Morgan fingerprint density at radius 1 is 1.12 bits per heavy atom. The van der Waals surface area contributed by atoms with E-state index in [4.69, 9.17) is 0 Å². The smallest absolute Gasteiger partial charge is 0.223 e. The van der Waals surface area contributed by atoms with Crippen LogP contribution in [0.3, 0.4) is 0 Å². The third-order valence-corrected chi connectivity index (χ3v) is 3.70. The average Bonchev–Trinajstić information content (AvgIpc) is 2.63. The van der Waals surface area contributed by atoms with Crippen molar-refractivity contribution < 1.29 is 0 Å². The van der Waals surface area contributed by atoms with E-state index in [1.165, 1.54) is 9.75 Å². The summed E-state index contributed by atoms with van der Waals surface area (Å²) in [6.07, 6.45) is 0. The highest BCUT2D eigenvalue weighted by molar-refractivity contribution is 7.12. The molecule has 1 N–H and O–H groups in total. The van der Waals surface area contributed by atoms with Crippen LogP contribution in [0.15, 0.2) is 18.2 Å². The van der Waals surface area contributed by atoms with Crippen LogP contribution in [0.1, 0.15) is 34.1 Å². The molecule has 0 saturated carbocycles. The van der Waals surface area contributed by atoms with Gasteiger partial charge in [0.25, 0.3) is 0 Å². The molecule has 0 bridgehead atoms. The third kappa shape index (κ3) is 3.03. The van der Waals surface area contributed by atoms with Crippen LogP contribution >= 0.6 is 11.3 Å². The van der Waals surface area contributed by atoms with Crippen LogP contribution < -0.4 is 5.32 Å². The fourth-order valence-electron chi connectivity index (χ4n) is 1.74. The zero-order valence-corrected chi connectivity index (χ0v) is 11.4. The number of rotatable bonds is 3. The molecule has 17 heavy (non-hydrogen) atoms. The Morgan fingerprint density at radius 2 is 1.76 bits per heavy atom. The van der Waals surface area contributed by atoms with Crippen molar-refractivity contribution in [1.29, 1.82) is 0 Å². The van der Waals surface area contributed by atoms with E-state index in [2.05, 4.69) is 41.3 Å². The van der Waals surface area contributed by atoms with Gasteiger partial charge in [-0.3, -0.25) is 0 Å². The Hall–Kier alpha value is -1.42. The van der Waals surface area contributed by atoms with Gasteiger partial charge in [0.05, 0.1) is 6.04 Å². The molecule has 2 aromatic heterocycles. The van der Waals surface area contributed by atoms with Gasteiger partial charge in [0, 0.05) is 21.1 Å². The van der Waals surface area contributed by atoms with Crippen LogP contribution in [0.25, 0.3) is 0 Å². The number of thiophene rings is 1. The molecule has 2 aromatic rings. The lowest BCUT2D eigenvalue weighted by Gasteiger charge is -2.12. The maximum Gasteiger partial charge on any atom is 0.223 e. The van der Waals surface area contributed by atoms with Gasteiger partial charge in [0.15, 0.2) is 0 Å². The lowest BCUT2D eigenvalue weighted by Crippen LogP contribution is -2.09. The molecule has 2 rings (SSSR count). The van der Waals surface area contributed by atoms with E-state index in [1.54, 1.807) is 11.3 Å². The lowest BCUT2D eigenvalue weighted by molar-refractivity contribution is 0.871. The van der Waals surface area contributed by atoms with E-state index in [0.717, 1.165) is 11.4 Å². The molecule has 3 nitrogen and oxygen atoms in total. The first kappa shape index (κ1) is 12.0. The van der Waals surface area contributed by atoms with Gasteiger partial charge in [-0.2, -0.15) is 0 Å². The molecule has 0 fully saturated rings. The van der Waals surface area contributed by atoms with Gasteiger partial charge in [-0.25, -0.2) is 9.97 Å². The van der Waals surface area contributed by atoms with Crippen LogP contribution in [-0.4, -0.2) is 9.97 Å². The van der Waals surface area contributed by atoms with Crippen LogP contribution in [0.5, 0.6) is 0 Å². The topological polar surface area (TPSA) is 37.8 Å². The van der Waals surface area contributed by atoms with Crippen LogP contribution in [0.2, 0.25) is 0 Å². The molecule has 0 aliphatic rings. The molecule has 0 aliphatic heterocycles. The summed E-state index contributed by atoms with van der Waals surface area (Å²) in [5, 5.41) is 3.34. The highest BCUT2D eigenvalue weighted by atomic mass is 32.1. The first-order valence-corrected chi connectivity index (χ1v) is 6.51. The number of anilines is 1. The zero-order chi connectivity index (χ0) is 12.4. The van der Waals surface area contributed by atoms with Crippen molar-refractivity contribution in [1.82, 2.24) is 9.97 Å². The largest absolute Gasteiger partial charge is 0.347 e. The number of aromatic nitrogens is 2. The molecule has 0 amide bonds. The number of nitrogens with zero attached hydrogens (tertiary/aromatic N) is 2. The molecule has 2 heterocycles. The van der Waals surface area contributed by atoms with Gasteiger partial charge in [0.2, 0.25) is 5.95 Å². The van der Waals surface area contributed by atoms with Gasteiger partial charge in [0.1, 0.15) is 0 Å². The maximum atomic E-state index is 4.39. The van der Waals surface area contributed by atoms with Crippen molar-refractivity contribution in [3.05, 3.63) is 39.3 Å². The van der Waals surface area contributed by atoms with Crippen molar-refractivity contribution in [3.8, 4) is 0 Å². The molecule has 0 aliphatic carbocycles. The predicted octanol–water partition coefficient (Wildman–Crippen LogP) is 3.64. The predicted molar refractivity (Wildman–Crippen MR) is 72.6 cm³/mol. The van der Waals surface area contributed by atoms with Crippen molar-refractivity contribution >= 4 is 17.3 Å². The highest BCUT2D eigenvalue weighted by Crippen LogP contribution is 2.24. The van der Waals surface area contributed by atoms with Gasteiger partial charge in [-0.1, -0.05) is 0 Å². The monoisotopic (exact) mass is 247 g/mol. The summed E-state index contributed by atoms with van der Waals surface area (Å²) in [5.74, 6) is 0.709. The van der Waals surface area contributed by atoms with E-state index in [1.807, 2.05) is 19.9 Å². The second kappa shape index (κ2) is 4.84. The Morgan fingerprint density at radius 3 is 2.29 bits per heavy atom. The van der Waals surface area contributed by atoms with E-state index in [-0.39, 0.29) is 6.04 Å². The fraction of sp³-hybridized carbons (Fsp3) is 0.385. The van der Waals surface area contributed by atoms with Crippen LogP contribution in [-0.2, 0) is 0 Å².